The Kier molecular flexibility index (Phi) is 8.09. The molecule has 1 aliphatic heterocycles. The minimum atomic E-state index is -0.787. The molecular formula is C24H30Cl2N6O4. The molecule has 4 rings (SSSR count). The maximum absolute atomic E-state index is 13.4. The number of benzene rings is 1. The molecule has 3 N–H and O–H groups in total. The summed E-state index contributed by atoms with van der Waals surface area (Å²) in [5, 5.41) is 16.9. The quantitative estimate of drug-likeness (QED) is 0.340. The summed E-state index contributed by atoms with van der Waals surface area (Å²) < 4.78 is 10.7. The smallest absolute Gasteiger partial charge is 0.330 e. The van der Waals surface area contributed by atoms with Crippen LogP contribution in [-0.4, -0.2) is 60.7 Å². The summed E-state index contributed by atoms with van der Waals surface area (Å²) >= 11 is 13.1. The molecule has 36 heavy (non-hydrogen) atoms. The predicted molar refractivity (Wildman–Crippen MR) is 141 cm³/mol. The SMILES string of the molecule is C=CC(O)N[C@H]1CCCC[C@H]1Nc1ncc2c(n1)N(C)C(=O)N(c1c(Cl)c(OC)cc(OC)c1Cl)C2. The second-order valence-electron chi connectivity index (χ2n) is 8.72. The molecule has 3 atom stereocenters. The van der Waals surface area contributed by atoms with E-state index in [1.54, 1.807) is 19.3 Å². The third kappa shape index (κ3) is 5.04. The summed E-state index contributed by atoms with van der Waals surface area (Å²) in [5.41, 5.74) is 1.01. The van der Waals surface area contributed by atoms with Gasteiger partial charge < -0.3 is 19.9 Å². The molecule has 1 fully saturated rings. The Bertz CT molecular complexity index is 1120. The van der Waals surface area contributed by atoms with Crippen molar-refractivity contribution in [2.75, 3.05) is 36.4 Å². The zero-order chi connectivity index (χ0) is 26.0. The van der Waals surface area contributed by atoms with E-state index >= 15 is 0 Å². The summed E-state index contributed by atoms with van der Waals surface area (Å²) in [4.78, 5) is 25.5. The van der Waals surface area contributed by atoms with E-state index in [2.05, 4.69) is 27.2 Å². The van der Waals surface area contributed by atoms with Crippen molar-refractivity contribution in [3.05, 3.63) is 40.5 Å². The fourth-order valence-electron chi connectivity index (χ4n) is 4.62. The van der Waals surface area contributed by atoms with Crippen molar-refractivity contribution in [2.24, 2.45) is 0 Å². The number of hydrogen-bond acceptors (Lipinski definition) is 8. The molecule has 12 heteroatoms. The number of carbonyl (C=O) groups excluding carboxylic acids is 1. The third-order valence-electron chi connectivity index (χ3n) is 6.51. The number of aromatic nitrogens is 2. The Labute approximate surface area is 220 Å². The predicted octanol–water partition coefficient (Wildman–Crippen LogP) is 4.19. The zero-order valence-corrected chi connectivity index (χ0v) is 21.9. The van der Waals surface area contributed by atoms with Gasteiger partial charge in [-0.15, -0.1) is 0 Å². The lowest BCUT2D eigenvalue weighted by Crippen LogP contribution is -2.50. The Morgan fingerprint density at radius 1 is 1.19 bits per heavy atom. The number of aliphatic hydroxyl groups is 1. The summed E-state index contributed by atoms with van der Waals surface area (Å²) in [6.45, 7) is 3.79. The Balaban J connectivity index is 1.62. The first-order chi connectivity index (χ1) is 17.3. The molecular weight excluding hydrogens is 507 g/mol. The second-order valence-corrected chi connectivity index (χ2v) is 9.47. The maximum atomic E-state index is 13.4. The highest BCUT2D eigenvalue weighted by Crippen LogP contribution is 2.47. The van der Waals surface area contributed by atoms with Crippen LogP contribution in [0.3, 0.4) is 0 Å². The molecule has 1 unspecified atom stereocenters. The number of anilines is 3. The highest BCUT2D eigenvalue weighted by atomic mass is 35.5. The van der Waals surface area contributed by atoms with Gasteiger partial charge in [0.25, 0.3) is 0 Å². The van der Waals surface area contributed by atoms with Crippen molar-refractivity contribution < 1.29 is 19.4 Å². The van der Waals surface area contributed by atoms with Crippen LogP contribution in [0.25, 0.3) is 0 Å². The molecule has 0 radical (unpaired) electrons. The number of hydrogen-bond donors (Lipinski definition) is 3. The van der Waals surface area contributed by atoms with Gasteiger partial charge in [0.15, 0.2) is 0 Å². The molecule has 1 aromatic heterocycles. The number of fused-ring (bicyclic) bond motifs is 1. The van der Waals surface area contributed by atoms with E-state index in [9.17, 15) is 9.90 Å². The van der Waals surface area contributed by atoms with E-state index in [0.717, 1.165) is 31.2 Å². The van der Waals surface area contributed by atoms with Crippen molar-refractivity contribution in [3.63, 3.8) is 0 Å². The Hall–Kier alpha value is -2.79. The first kappa shape index (κ1) is 26.3. The average molecular weight is 537 g/mol. The number of rotatable bonds is 8. The van der Waals surface area contributed by atoms with Gasteiger partial charge >= 0.3 is 6.03 Å². The number of urea groups is 1. The van der Waals surface area contributed by atoms with E-state index in [4.69, 9.17) is 32.7 Å². The lowest BCUT2D eigenvalue weighted by atomic mass is 9.90. The van der Waals surface area contributed by atoms with Crippen LogP contribution >= 0.6 is 23.2 Å². The van der Waals surface area contributed by atoms with E-state index in [1.165, 1.54) is 30.1 Å². The highest BCUT2D eigenvalue weighted by molar-refractivity contribution is 6.42. The van der Waals surface area contributed by atoms with Gasteiger partial charge in [0.05, 0.1) is 26.5 Å². The number of carbonyl (C=O) groups is 1. The van der Waals surface area contributed by atoms with Crippen molar-refractivity contribution in [1.29, 1.82) is 0 Å². The van der Waals surface area contributed by atoms with E-state index in [0.29, 0.717) is 23.3 Å². The average Bonchev–Trinajstić information content (AvgIpc) is 2.88. The van der Waals surface area contributed by atoms with E-state index < -0.39 is 6.23 Å². The van der Waals surface area contributed by atoms with Gasteiger partial charge in [-0.25, -0.2) is 9.78 Å². The fourth-order valence-corrected chi connectivity index (χ4v) is 5.32. The van der Waals surface area contributed by atoms with Crippen molar-refractivity contribution in [2.45, 2.75) is 50.5 Å². The van der Waals surface area contributed by atoms with Crippen molar-refractivity contribution in [1.82, 2.24) is 15.3 Å². The summed E-state index contributed by atoms with van der Waals surface area (Å²) in [6.07, 6.45) is 6.30. The molecule has 2 aliphatic rings. The van der Waals surface area contributed by atoms with Crippen LogP contribution in [0.15, 0.2) is 24.9 Å². The minimum Gasteiger partial charge on any atom is -0.495 e. The topological polar surface area (TPSA) is 112 Å². The van der Waals surface area contributed by atoms with Crippen LogP contribution < -0.4 is 29.9 Å². The monoisotopic (exact) mass is 536 g/mol. The van der Waals surface area contributed by atoms with Crippen molar-refractivity contribution in [3.8, 4) is 11.5 Å². The largest absolute Gasteiger partial charge is 0.495 e. The van der Waals surface area contributed by atoms with Crippen molar-refractivity contribution >= 4 is 46.7 Å². The van der Waals surface area contributed by atoms with Crippen LogP contribution in [0.2, 0.25) is 10.0 Å². The molecule has 10 nitrogen and oxygen atoms in total. The van der Waals surface area contributed by atoms with Gasteiger partial charge in [0.2, 0.25) is 5.95 Å². The molecule has 1 saturated carbocycles. The Morgan fingerprint density at radius 3 is 2.44 bits per heavy atom. The lowest BCUT2D eigenvalue weighted by Gasteiger charge is -2.36. The number of halogens is 2. The molecule has 1 aromatic carbocycles. The second kappa shape index (κ2) is 11.1. The number of nitrogens with one attached hydrogen (secondary N) is 2. The molecule has 0 saturated heterocycles. The van der Waals surface area contributed by atoms with Gasteiger partial charge in [0, 0.05) is 37.0 Å². The number of aliphatic hydroxyl groups excluding tert-OH is 1. The number of methoxy groups -OCH3 is 2. The van der Waals surface area contributed by atoms with E-state index in [1.807, 2.05) is 0 Å². The zero-order valence-electron chi connectivity index (χ0n) is 20.4. The molecule has 0 bridgehead atoms. The Morgan fingerprint density at radius 2 is 1.83 bits per heavy atom. The lowest BCUT2D eigenvalue weighted by molar-refractivity contribution is 0.151. The first-order valence-electron chi connectivity index (χ1n) is 11.6. The summed E-state index contributed by atoms with van der Waals surface area (Å²) in [6, 6.07) is 1.27. The third-order valence-corrected chi connectivity index (χ3v) is 7.25. The fraction of sp³-hybridized carbons (Fsp3) is 0.458. The first-order valence-corrected chi connectivity index (χ1v) is 12.4. The normalized spacial score (nSPS) is 20.6. The maximum Gasteiger partial charge on any atom is 0.330 e. The van der Waals surface area contributed by atoms with Gasteiger partial charge in [-0.2, -0.15) is 4.98 Å². The van der Waals surface area contributed by atoms with Crippen LogP contribution in [0, 0.1) is 0 Å². The number of ether oxygens (including phenoxy) is 2. The molecule has 194 valence electrons. The van der Waals surface area contributed by atoms with Crippen LogP contribution in [0.1, 0.15) is 31.2 Å². The highest BCUT2D eigenvalue weighted by Gasteiger charge is 2.35. The van der Waals surface area contributed by atoms with Gasteiger partial charge in [0.1, 0.15) is 33.6 Å². The number of amides is 2. The standard InChI is InChI=1S/C24H30Cl2N6O4/c1-5-18(33)28-14-8-6-7-9-15(14)29-23-27-11-13-12-32(24(34)31(2)22(13)30-23)21-19(25)16(35-3)10-17(36-4)20(21)26/h5,10-11,14-15,18,28,33H,1,6-9,12H2,2-4H3,(H,27,29,30)/t14-,15+,18?/m0/s1. The summed E-state index contributed by atoms with van der Waals surface area (Å²) in [7, 11) is 4.59. The number of nitrogens with zero attached hydrogens (tertiary/aromatic N) is 4. The van der Waals surface area contributed by atoms with Gasteiger partial charge in [-0.3, -0.25) is 15.1 Å². The van der Waals surface area contributed by atoms with Gasteiger partial charge in [-0.05, 0) is 18.9 Å². The van der Waals surface area contributed by atoms with Crippen LogP contribution in [0.4, 0.5) is 22.2 Å². The molecule has 2 aromatic rings. The van der Waals surface area contributed by atoms with Gasteiger partial charge in [-0.1, -0.05) is 42.6 Å². The van der Waals surface area contributed by atoms with Crippen LogP contribution in [0.5, 0.6) is 11.5 Å². The van der Waals surface area contributed by atoms with E-state index in [-0.39, 0.29) is 40.4 Å². The summed E-state index contributed by atoms with van der Waals surface area (Å²) in [5.74, 6) is 1.57. The molecule has 2 heterocycles. The van der Waals surface area contributed by atoms with Crippen LogP contribution in [-0.2, 0) is 6.54 Å². The molecule has 0 spiro atoms. The molecule has 1 aliphatic carbocycles. The molecule has 2 amide bonds. The minimum absolute atomic E-state index is 0.0226.